The molecule has 0 saturated carbocycles. The Morgan fingerprint density at radius 3 is 1.92 bits per heavy atom. The molecule has 6 nitrogen and oxygen atoms in total. The number of hydrogen-bond donors (Lipinski definition) is 1. The Hall–Kier alpha value is -4.84. The van der Waals surface area contributed by atoms with Gasteiger partial charge in [0.05, 0.1) is 19.9 Å². The molecule has 1 aromatic heterocycles. The number of rotatable bonds is 8. The molecular formula is C31H27N3O3. The van der Waals surface area contributed by atoms with Gasteiger partial charge in [-0.15, -0.1) is 0 Å². The van der Waals surface area contributed by atoms with Crippen LogP contribution in [0.5, 0.6) is 11.5 Å². The number of para-hydroxylation sites is 1. The van der Waals surface area contributed by atoms with Crippen molar-refractivity contribution < 1.29 is 14.3 Å². The van der Waals surface area contributed by atoms with Crippen LogP contribution in [0.4, 0.5) is 0 Å². The summed E-state index contributed by atoms with van der Waals surface area (Å²) in [7, 11) is 3.25. The van der Waals surface area contributed by atoms with Crippen LogP contribution in [0.1, 0.15) is 27.2 Å². The first-order chi connectivity index (χ1) is 18.2. The summed E-state index contributed by atoms with van der Waals surface area (Å²) in [6.45, 7) is 0.574. The minimum absolute atomic E-state index is 0.286. The summed E-state index contributed by atoms with van der Waals surface area (Å²) in [5, 5.41) is 5.59. The minimum atomic E-state index is -0.286. The molecule has 0 aliphatic rings. The number of hydrogen-bond acceptors (Lipinski definition) is 4. The third-order valence-corrected chi connectivity index (χ3v) is 6.22. The zero-order valence-electron chi connectivity index (χ0n) is 20.7. The maximum absolute atomic E-state index is 13.5. The summed E-state index contributed by atoms with van der Waals surface area (Å²) in [6.07, 6.45) is 0. The largest absolute Gasteiger partial charge is 0.497 e. The second kappa shape index (κ2) is 10.8. The molecule has 0 spiro atoms. The summed E-state index contributed by atoms with van der Waals surface area (Å²) in [6, 6.07) is 35.1. The van der Waals surface area contributed by atoms with Gasteiger partial charge < -0.3 is 14.0 Å². The molecule has 4 aromatic carbocycles. The first-order valence-electron chi connectivity index (χ1n) is 12.0. The number of fused-ring (bicyclic) bond motifs is 1. The highest BCUT2D eigenvalue weighted by Crippen LogP contribution is 2.22. The van der Waals surface area contributed by atoms with Crippen molar-refractivity contribution in [2.24, 2.45) is 5.10 Å². The first kappa shape index (κ1) is 23.9. The van der Waals surface area contributed by atoms with Crippen LogP contribution in [0.25, 0.3) is 10.9 Å². The van der Waals surface area contributed by atoms with Gasteiger partial charge in [0.1, 0.15) is 17.2 Å². The van der Waals surface area contributed by atoms with Gasteiger partial charge in [-0.2, -0.15) is 5.10 Å². The number of aromatic nitrogens is 1. The predicted octanol–water partition coefficient (Wildman–Crippen LogP) is 5.89. The Labute approximate surface area is 215 Å². The lowest BCUT2D eigenvalue weighted by Crippen LogP contribution is -2.23. The SMILES string of the molecule is COc1ccc(C(=NNC(=O)c2cc3ccccc3n2Cc2ccccc2)c2ccc(OC)cc2)cc1. The van der Waals surface area contributed by atoms with E-state index in [1.165, 1.54) is 0 Å². The molecule has 5 aromatic rings. The van der Waals surface area contributed by atoms with Crippen LogP contribution in [0.3, 0.4) is 0 Å². The van der Waals surface area contributed by atoms with Crippen molar-refractivity contribution in [1.29, 1.82) is 0 Å². The zero-order valence-corrected chi connectivity index (χ0v) is 20.7. The fourth-order valence-electron chi connectivity index (χ4n) is 4.29. The molecule has 184 valence electrons. The van der Waals surface area contributed by atoms with E-state index in [4.69, 9.17) is 9.47 Å². The van der Waals surface area contributed by atoms with Crippen molar-refractivity contribution in [3.8, 4) is 11.5 Å². The van der Waals surface area contributed by atoms with Crippen LogP contribution in [-0.4, -0.2) is 30.4 Å². The van der Waals surface area contributed by atoms with Gasteiger partial charge >= 0.3 is 0 Å². The highest BCUT2D eigenvalue weighted by Gasteiger charge is 2.17. The van der Waals surface area contributed by atoms with Crippen molar-refractivity contribution in [2.75, 3.05) is 14.2 Å². The Morgan fingerprint density at radius 1 is 0.757 bits per heavy atom. The van der Waals surface area contributed by atoms with E-state index in [1.54, 1.807) is 14.2 Å². The average Bonchev–Trinajstić information content (AvgIpc) is 3.32. The number of methoxy groups -OCH3 is 2. The number of carbonyl (C=O) groups is 1. The van der Waals surface area contributed by atoms with Crippen LogP contribution in [0, 0.1) is 0 Å². The predicted molar refractivity (Wildman–Crippen MR) is 147 cm³/mol. The number of amides is 1. The van der Waals surface area contributed by atoms with E-state index in [2.05, 4.69) is 22.7 Å². The molecule has 37 heavy (non-hydrogen) atoms. The van der Waals surface area contributed by atoms with Crippen molar-refractivity contribution in [2.45, 2.75) is 6.54 Å². The van der Waals surface area contributed by atoms with E-state index in [1.807, 2.05) is 102 Å². The molecule has 0 saturated heterocycles. The molecule has 0 fully saturated rings. The normalized spacial score (nSPS) is 10.6. The summed E-state index contributed by atoms with van der Waals surface area (Å²) in [5.74, 6) is 1.20. The van der Waals surface area contributed by atoms with Gasteiger partial charge in [-0.25, -0.2) is 5.43 Å². The van der Waals surface area contributed by atoms with Gasteiger partial charge in [0.25, 0.3) is 5.91 Å². The lowest BCUT2D eigenvalue weighted by Gasteiger charge is -2.12. The highest BCUT2D eigenvalue weighted by atomic mass is 16.5. The first-order valence-corrected chi connectivity index (χ1v) is 12.0. The van der Waals surface area contributed by atoms with Crippen molar-refractivity contribution >= 4 is 22.5 Å². The Morgan fingerprint density at radius 2 is 1.32 bits per heavy atom. The van der Waals surface area contributed by atoms with Gasteiger partial charge in [0.2, 0.25) is 0 Å². The van der Waals surface area contributed by atoms with Gasteiger partial charge in [-0.1, -0.05) is 48.5 Å². The lowest BCUT2D eigenvalue weighted by atomic mass is 10.0. The van der Waals surface area contributed by atoms with E-state index in [9.17, 15) is 4.79 Å². The number of nitrogens with zero attached hydrogens (tertiary/aromatic N) is 2. The summed E-state index contributed by atoms with van der Waals surface area (Å²) in [5.41, 5.74) is 7.76. The van der Waals surface area contributed by atoms with E-state index >= 15 is 0 Å². The molecule has 0 atom stereocenters. The average molecular weight is 490 g/mol. The van der Waals surface area contributed by atoms with Gasteiger partial charge in [0.15, 0.2) is 0 Å². The van der Waals surface area contributed by atoms with Crippen molar-refractivity contribution in [3.63, 3.8) is 0 Å². The lowest BCUT2D eigenvalue weighted by molar-refractivity contribution is 0.0946. The molecule has 1 amide bonds. The third kappa shape index (κ3) is 5.23. The summed E-state index contributed by atoms with van der Waals surface area (Å²) < 4.78 is 12.6. The van der Waals surface area contributed by atoms with Crippen LogP contribution in [0.15, 0.2) is 114 Å². The standard InChI is InChI=1S/C31H27N3O3/c1-36-26-16-12-23(13-17-26)30(24-14-18-27(37-2)19-15-24)32-33-31(35)29-20-25-10-6-7-11-28(25)34(29)21-22-8-4-3-5-9-22/h3-20H,21H2,1-2H3,(H,33,35). The second-order valence-electron chi connectivity index (χ2n) is 8.52. The molecule has 6 heteroatoms. The van der Waals surface area contributed by atoms with Crippen LogP contribution < -0.4 is 14.9 Å². The molecule has 0 aliphatic carbocycles. The Bertz CT molecular complexity index is 1490. The summed E-state index contributed by atoms with van der Waals surface area (Å²) >= 11 is 0. The minimum Gasteiger partial charge on any atom is -0.497 e. The molecule has 1 N–H and O–H groups in total. The van der Waals surface area contributed by atoms with Crippen molar-refractivity contribution in [1.82, 2.24) is 9.99 Å². The number of hydrazone groups is 1. The third-order valence-electron chi connectivity index (χ3n) is 6.22. The highest BCUT2D eigenvalue weighted by molar-refractivity contribution is 6.13. The molecular weight excluding hydrogens is 462 g/mol. The Kier molecular flexibility index (Phi) is 6.99. The van der Waals surface area contributed by atoms with Gasteiger partial charge in [0, 0.05) is 28.6 Å². The molecule has 0 unspecified atom stereocenters. The van der Waals surface area contributed by atoms with Crippen LogP contribution in [0.2, 0.25) is 0 Å². The second-order valence-corrected chi connectivity index (χ2v) is 8.52. The van der Waals surface area contributed by atoms with E-state index in [-0.39, 0.29) is 5.91 Å². The maximum atomic E-state index is 13.5. The number of carbonyl (C=O) groups excluding carboxylic acids is 1. The zero-order chi connectivity index (χ0) is 25.6. The molecule has 5 rings (SSSR count). The topological polar surface area (TPSA) is 64.8 Å². The molecule has 0 bridgehead atoms. The number of benzene rings is 4. The number of ether oxygens (including phenoxy) is 2. The molecule has 0 aliphatic heterocycles. The fraction of sp³-hybridized carbons (Fsp3) is 0.0968. The molecule has 1 heterocycles. The fourth-order valence-corrected chi connectivity index (χ4v) is 4.29. The van der Waals surface area contributed by atoms with Crippen molar-refractivity contribution in [3.05, 3.63) is 132 Å². The Balaban J connectivity index is 1.51. The van der Waals surface area contributed by atoms with E-state index in [0.717, 1.165) is 39.1 Å². The summed E-state index contributed by atoms with van der Waals surface area (Å²) in [4.78, 5) is 13.5. The smallest absolute Gasteiger partial charge is 0.288 e. The molecule has 0 radical (unpaired) electrons. The van der Waals surface area contributed by atoms with E-state index in [0.29, 0.717) is 18.0 Å². The quantitative estimate of drug-likeness (QED) is 0.218. The van der Waals surface area contributed by atoms with Gasteiger partial charge in [-0.05, 0) is 66.2 Å². The maximum Gasteiger partial charge on any atom is 0.288 e. The van der Waals surface area contributed by atoms with Crippen LogP contribution in [-0.2, 0) is 6.54 Å². The van der Waals surface area contributed by atoms with E-state index < -0.39 is 0 Å². The monoisotopic (exact) mass is 489 g/mol. The number of nitrogens with one attached hydrogen (secondary N) is 1. The van der Waals surface area contributed by atoms with Gasteiger partial charge in [-0.3, -0.25) is 4.79 Å². The van der Waals surface area contributed by atoms with Crippen LogP contribution >= 0.6 is 0 Å².